The number of carbonyl (C=O) groups is 1. The molecule has 1 aliphatic rings. The zero-order chi connectivity index (χ0) is 16.6. The van der Waals surface area contributed by atoms with Crippen LogP contribution in [-0.4, -0.2) is 37.0 Å². The van der Waals surface area contributed by atoms with Crippen molar-refractivity contribution in [1.82, 2.24) is 9.78 Å². The van der Waals surface area contributed by atoms with Gasteiger partial charge in [-0.15, -0.1) is 0 Å². The second-order valence-corrected chi connectivity index (χ2v) is 5.29. The Morgan fingerprint density at radius 2 is 1.96 bits per heavy atom. The highest BCUT2D eigenvalue weighted by atomic mass is 16.5. The molecule has 0 radical (unpaired) electrons. The van der Waals surface area contributed by atoms with Gasteiger partial charge in [-0.1, -0.05) is 0 Å². The number of benzene rings is 1. The van der Waals surface area contributed by atoms with Crippen LogP contribution in [0.2, 0.25) is 0 Å². The van der Waals surface area contributed by atoms with E-state index in [4.69, 9.17) is 14.2 Å². The molecule has 0 aliphatic carbocycles. The standard InChI is InChI=1S/C16H19N3O4/c1-19-11(5-6-17-19)9-7-13(20)18-10-8-12(21-2)15(22-3)16(23-4)14(9)10/h5-6,8-9H,7H2,1-4H3,(H,18,20). The first-order chi connectivity index (χ1) is 11.1. The van der Waals surface area contributed by atoms with Gasteiger partial charge in [-0.05, 0) is 6.07 Å². The third kappa shape index (κ3) is 2.38. The molecule has 0 saturated heterocycles. The lowest BCUT2D eigenvalue weighted by Crippen LogP contribution is -2.25. The van der Waals surface area contributed by atoms with E-state index in [2.05, 4.69) is 10.4 Å². The van der Waals surface area contributed by atoms with E-state index in [1.807, 2.05) is 13.1 Å². The average Bonchev–Trinajstić information content (AvgIpc) is 2.97. The number of anilines is 1. The SMILES string of the molecule is COc1cc2c(c(OC)c1OC)C(c1ccnn1C)CC(=O)N2. The first-order valence-corrected chi connectivity index (χ1v) is 7.21. The maximum atomic E-state index is 12.1. The number of nitrogens with one attached hydrogen (secondary N) is 1. The van der Waals surface area contributed by atoms with Crippen molar-refractivity contribution in [1.29, 1.82) is 0 Å². The lowest BCUT2D eigenvalue weighted by atomic mass is 9.86. The van der Waals surface area contributed by atoms with Crippen molar-refractivity contribution in [2.45, 2.75) is 12.3 Å². The smallest absolute Gasteiger partial charge is 0.225 e. The lowest BCUT2D eigenvalue weighted by molar-refractivity contribution is -0.116. The maximum Gasteiger partial charge on any atom is 0.225 e. The number of hydrogen-bond acceptors (Lipinski definition) is 5. The molecule has 1 atom stereocenters. The van der Waals surface area contributed by atoms with Crippen LogP contribution in [0.25, 0.3) is 0 Å². The van der Waals surface area contributed by atoms with Gasteiger partial charge in [0, 0.05) is 42.9 Å². The van der Waals surface area contributed by atoms with Crippen LogP contribution in [0.15, 0.2) is 18.3 Å². The number of aromatic nitrogens is 2. The molecule has 3 rings (SSSR count). The minimum Gasteiger partial charge on any atom is -0.493 e. The van der Waals surface area contributed by atoms with Crippen molar-refractivity contribution in [2.24, 2.45) is 7.05 Å². The highest BCUT2D eigenvalue weighted by Gasteiger charge is 2.34. The van der Waals surface area contributed by atoms with E-state index < -0.39 is 0 Å². The molecule has 2 aromatic rings. The predicted molar refractivity (Wildman–Crippen MR) is 84.4 cm³/mol. The summed E-state index contributed by atoms with van der Waals surface area (Å²) in [6, 6.07) is 3.67. The number of ether oxygens (including phenoxy) is 3. The fraction of sp³-hybridized carbons (Fsp3) is 0.375. The number of fused-ring (bicyclic) bond motifs is 1. The Bertz CT molecular complexity index is 754. The van der Waals surface area contributed by atoms with Gasteiger partial charge in [0.05, 0.1) is 27.0 Å². The highest BCUT2D eigenvalue weighted by Crippen LogP contribution is 2.50. The summed E-state index contributed by atoms with van der Waals surface area (Å²) in [5.74, 6) is 1.36. The Morgan fingerprint density at radius 3 is 2.52 bits per heavy atom. The average molecular weight is 317 g/mol. The van der Waals surface area contributed by atoms with Gasteiger partial charge < -0.3 is 19.5 Å². The van der Waals surface area contributed by atoms with Crippen molar-refractivity contribution in [3.05, 3.63) is 29.6 Å². The summed E-state index contributed by atoms with van der Waals surface area (Å²) in [6.45, 7) is 0. The molecule has 1 unspecified atom stereocenters. The maximum absolute atomic E-state index is 12.1. The summed E-state index contributed by atoms with van der Waals surface area (Å²) in [6.07, 6.45) is 2.03. The third-order valence-corrected chi connectivity index (χ3v) is 4.10. The zero-order valence-electron chi connectivity index (χ0n) is 13.5. The summed E-state index contributed by atoms with van der Waals surface area (Å²) >= 11 is 0. The number of amides is 1. The molecule has 7 heteroatoms. The first kappa shape index (κ1) is 15.2. The molecule has 2 heterocycles. The van der Waals surface area contributed by atoms with Gasteiger partial charge in [-0.25, -0.2) is 0 Å². The molecule has 122 valence electrons. The van der Waals surface area contributed by atoms with Crippen LogP contribution in [0.4, 0.5) is 5.69 Å². The number of nitrogens with zero attached hydrogens (tertiary/aromatic N) is 2. The predicted octanol–water partition coefficient (Wildman–Crippen LogP) is 1.92. The van der Waals surface area contributed by atoms with E-state index in [-0.39, 0.29) is 11.8 Å². The highest BCUT2D eigenvalue weighted by molar-refractivity contribution is 5.97. The third-order valence-electron chi connectivity index (χ3n) is 4.10. The van der Waals surface area contributed by atoms with Crippen molar-refractivity contribution >= 4 is 11.6 Å². The summed E-state index contributed by atoms with van der Waals surface area (Å²) in [7, 11) is 6.54. The molecular weight excluding hydrogens is 298 g/mol. The van der Waals surface area contributed by atoms with Crippen molar-refractivity contribution in [2.75, 3.05) is 26.6 Å². The molecule has 0 bridgehead atoms. The Labute approximate surface area is 134 Å². The summed E-state index contributed by atoms with van der Waals surface area (Å²) in [5.41, 5.74) is 2.47. The molecule has 1 aromatic heterocycles. The first-order valence-electron chi connectivity index (χ1n) is 7.21. The Morgan fingerprint density at radius 1 is 1.22 bits per heavy atom. The van der Waals surface area contributed by atoms with Crippen LogP contribution in [0.1, 0.15) is 23.6 Å². The van der Waals surface area contributed by atoms with E-state index in [0.29, 0.717) is 29.4 Å². The number of aryl methyl sites for hydroxylation is 1. The van der Waals surface area contributed by atoms with E-state index in [0.717, 1.165) is 11.3 Å². The molecule has 1 N–H and O–H groups in total. The normalized spacial score (nSPS) is 16.5. The quantitative estimate of drug-likeness (QED) is 0.932. The van der Waals surface area contributed by atoms with E-state index in [9.17, 15) is 4.79 Å². The monoisotopic (exact) mass is 317 g/mol. The van der Waals surface area contributed by atoms with Crippen LogP contribution in [-0.2, 0) is 11.8 Å². The minimum absolute atomic E-state index is 0.0574. The summed E-state index contributed by atoms with van der Waals surface area (Å²) in [5, 5.41) is 7.10. The molecule has 1 amide bonds. The van der Waals surface area contributed by atoms with Crippen molar-refractivity contribution < 1.29 is 19.0 Å². The molecular formula is C16H19N3O4. The van der Waals surface area contributed by atoms with Crippen molar-refractivity contribution in [3.63, 3.8) is 0 Å². The summed E-state index contributed by atoms with van der Waals surface area (Å²) in [4.78, 5) is 12.1. The van der Waals surface area contributed by atoms with Gasteiger partial charge in [0.2, 0.25) is 11.7 Å². The van der Waals surface area contributed by atoms with E-state index in [1.54, 1.807) is 38.3 Å². The lowest BCUT2D eigenvalue weighted by Gasteiger charge is -2.29. The molecule has 0 fully saturated rings. The number of rotatable bonds is 4. The van der Waals surface area contributed by atoms with Crippen LogP contribution in [0.3, 0.4) is 0 Å². The van der Waals surface area contributed by atoms with Crippen LogP contribution in [0.5, 0.6) is 17.2 Å². The van der Waals surface area contributed by atoms with Gasteiger partial charge in [0.15, 0.2) is 11.5 Å². The number of carbonyl (C=O) groups excluding carboxylic acids is 1. The van der Waals surface area contributed by atoms with Gasteiger partial charge in [-0.2, -0.15) is 5.10 Å². The topological polar surface area (TPSA) is 74.6 Å². The van der Waals surface area contributed by atoms with E-state index >= 15 is 0 Å². The second-order valence-electron chi connectivity index (χ2n) is 5.29. The Hall–Kier alpha value is -2.70. The van der Waals surface area contributed by atoms with Gasteiger partial charge >= 0.3 is 0 Å². The molecule has 7 nitrogen and oxygen atoms in total. The largest absolute Gasteiger partial charge is 0.493 e. The van der Waals surface area contributed by atoms with Gasteiger partial charge in [-0.3, -0.25) is 9.48 Å². The minimum atomic E-state index is -0.166. The van der Waals surface area contributed by atoms with Crippen LogP contribution >= 0.6 is 0 Å². The Balaban J connectivity index is 2.27. The fourth-order valence-corrected chi connectivity index (χ4v) is 3.09. The number of hydrogen-bond donors (Lipinski definition) is 1. The molecule has 23 heavy (non-hydrogen) atoms. The molecule has 0 spiro atoms. The molecule has 1 aliphatic heterocycles. The Kier molecular flexibility index (Phi) is 3.85. The summed E-state index contributed by atoms with van der Waals surface area (Å²) < 4.78 is 18.2. The van der Waals surface area contributed by atoms with Crippen LogP contribution < -0.4 is 19.5 Å². The second kappa shape index (κ2) is 5.83. The van der Waals surface area contributed by atoms with E-state index in [1.165, 1.54) is 0 Å². The van der Waals surface area contributed by atoms with Crippen molar-refractivity contribution in [3.8, 4) is 17.2 Å². The van der Waals surface area contributed by atoms with Crippen LogP contribution in [0, 0.1) is 0 Å². The molecule has 1 aromatic carbocycles. The number of methoxy groups -OCH3 is 3. The van der Waals surface area contributed by atoms with Gasteiger partial charge in [0.1, 0.15) is 0 Å². The molecule has 0 saturated carbocycles. The zero-order valence-corrected chi connectivity index (χ0v) is 13.5. The van der Waals surface area contributed by atoms with Gasteiger partial charge in [0.25, 0.3) is 0 Å². The fourth-order valence-electron chi connectivity index (χ4n) is 3.09.